The molecule has 2 aromatic rings. The summed E-state index contributed by atoms with van der Waals surface area (Å²) in [6, 6.07) is 14.7. The molecule has 1 aliphatic heterocycles. The summed E-state index contributed by atoms with van der Waals surface area (Å²) in [5, 5.41) is 8.81. The Bertz CT molecular complexity index is 670. The van der Waals surface area contributed by atoms with Gasteiger partial charge in [-0.15, -0.1) is 0 Å². The van der Waals surface area contributed by atoms with E-state index in [1.54, 1.807) is 6.07 Å². The van der Waals surface area contributed by atoms with E-state index >= 15 is 0 Å². The number of pyridine rings is 1. The van der Waals surface area contributed by atoms with Crippen molar-refractivity contribution in [2.75, 3.05) is 31.1 Å². The van der Waals surface area contributed by atoms with Gasteiger partial charge in [0.15, 0.2) is 0 Å². The third-order valence-electron chi connectivity index (χ3n) is 3.89. The molecular weight excluding hydrogens is 279 g/mol. The van der Waals surface area contributed by atoms with Crippen molar-refractivity contribution in [2.24, 2.45) is 0 Å². The molecular formula is C17H17FN4. The second-order valence-electron chi connectivity index (χ2n) is 5.39. The Hall–Kier alpha value is -2.45. The number of benzene rings is 1. The molecule has 0 N–H and O–H groups in total. The minimum absolute atomic E-state index is 0.433. The lowest BCUT2D eigenvalue weighted by atomic mass is 10.1. The van der Waals surface area contributed by atoms with Crippen molar-refractivity contribution in [1.82, 2.24) is 9.88 Å². The third kappa shape index (κ3) is 3.41. The van der Waals surface area contributed by atoms with E-state index in [9.17, 15) is 4.39 Å². The second-order valence-corrected chi connectivity index (χ2v) is 5.39. The summed E-state index contributed by atoms with van der Waals surface area (Å²) < 4.78 is 13.2. The molecule has 4 nitrogen and oxygen atoms in total. The number of halogens is 1. The van der Waals surface area contributed by atoms with Crippen molar-refractivity contribution < 1.29 is 4.39 Å². The summed E-state index contributed by atoms with van der Waals surface area (Å²) in [6.07, 6.45) is 0. The molecule has 1 aromatic heterocycles. The van der Waals surface area contributed by atoms with E-state index in [1.165, 1.54) is 11.6 Å². The van der Waals surface area contributed by atoms with Crippen molar-refractivity contribution in [3.05, 3.63) is 59.5 Å². The Morgan fingerprint density at radius 3 is 2.41 bits per heavy atom. The van der Waals surface area contributed by atoms with Gasteiger partial charge in [0, 0.05) is 32.7 Å². The summed E-state index contributed by atoms with van der Waals surface area (Å²) in [7, 11) is 0. The van der Waals surface area contributed by atoms with Crippen LogP contribution in [0.3, 0.4) is 0 Å². The molecule has 1 saturated heterocycles. The second kappa shape index (κ2) is 6.54. The molecule has 0 radical (unpaired) electrons. The highest BCUT2D eigenvalue weighted by Gasteiger charge is 2.18. The van der Waals surface area contributed by atoms with Crippen LogP contribution in [0.15, 0.2) is 42.5 Å². The Labute approximate surface area is 129 Å². The van der Waals surface area contributed by atoms with Crippen LogP contribution in [-0.4, -0.2) is 36.1 Å². The Balaban J connectivity index is 1.56. The van der Waals surface area contributed by atoms with Gasteiger partial charge in [0.05, 0.1) is 11.6 Å². The van der Waals surface area contributed by atoms with Gasteiger partial charge < -0.3 is 4.90 Å². The van der Waals surface area contributed by atoms with Gasteiger partial charge in [-0.1, -0.05) is 18.2 Å². The van der Waals surface area contributed by atoms with E-state index in [0.29, 0.717) is 11.4 Å². The van der Waals surface area contributed by atoms with Crippen LogP contribution in [0.5, 0.6) is 0 Å². The Kier molecular flexibility index (Phi) is 4.31. The van der Waals surface area contributed by atoms with E-state index in [-0.39, 0.29) is 0 Å². The largest absolute Gasteiger partial charge is 0.354 e. The first-order valence-electron chi connectivity index (χ1n) is 7.33. The molecule has 1 aliphatic rings. The van der Waals surface area contributed by atoms with Gasteiger partial charge in [0.25, 0.3) is 0 Å². The average Bonchev–Trinajstić information content (AvgIpc) is 2.56. The molecule has 3 rings (SSSR count). The van der Waals surface area contributed by atoms with Crippen molar-refractivity contribution in [2.45, 2.75) is 6.54 Å². The van der Waals surface area contributed by atoms with Crippen LogP contribution in [0.25, 0.3) is 0 Å². The van der Waals surface area contributed by atoms with Crippen LogP contribution in [-0.2, 0) is 6.54 Å². The van der Waals surface area contributed by atoms with Crippen LogP contribution >= 0.6 is 0 Å². The number of piperazine rings is 1. The lowest BCUT2D eigenvalue weighted by molar-refractivity contribution is 0.249. The van der Waals surface area contributed by atoms with Gasteiger partial charge in [-0.2, -0.15) is 9.65 Å². The molecule has 112 valence electrons. The van der Waals surface area contributed by atoms with E-state index < -0.39 is 5.95 Å². The summed E-state index contributed by atoms with van der Waals surface area (Å²) in [4.78, 5) is 8.40. The molecule has 2 heterocycles. The molecule has 5 heteroatoms. The number of hydrogen-bond acceptors (Lipinski definition) is 4. The molecule has 0 saturated carbocycles. The minimum atomic E-state index is -0.433. The fourth-order valence-corrected chi connectivity index (χ4v) is 2.65. The predicted octanol–water partition coefficient (Wildman–Crippen LogP) is 2.41. The molecule has 0 atom stereocenters. The predicted molar refractivity (Wildman–Crippen MR) is 82.8 cm³/mol. The highest BCUT2D eigenvalue weighted by Crippen LogP contribution is 2.15. The topological polar surface area (TPSA) is 43.2 Å². The first-order chi connectivity index (χ1) is 10.7. The molecule has 0 spiro atoms. The zero-order valence-corrected chi connectivity index (χ0v) is 12.2. The first-order valence-corrected chi connectivity index (χ1v) is 7.33. The first kappa shape index (κ1) is 14.5. The summed E-state index contributed by atoms with van der Waals surface area (Å²) in [5.41, 5.74) is 1.89. The molecule has 0 aliphatic carbocycles. The summed E-state index contributed by atoms with van der Waals surface area (Å²) in [6.45, 7) is 4.38. The van der Waals surface area contributed by atoms with Crippen LogP contribution < -0.4 is 4.90 Å². The number of nitrogens with zero attached hydrogens (tertiary/aromatic N) is 4. The number of nitriles is 1. The van der Waals surface area contributed by atoms with Gasteiger partial charge in [-0.05, 0) is 29.8 Å². The SMILES string of the molecule is N#Cc1ccc(CN2CCN(c3cccc(F)n3)CC2)cc1. The zero-order valence-electron chi connectivity index (χ0n) is 12.2. The lowest BCUT2D eigenvalue weighted by Gasteiger charge is -2.35. The monoisotopic (exact) mass is 296 g/mol. The fraction of sp³-hybridized carbons (Fsp3) is 0.294. The summed E-state index contributed by atoms with van der Waals surface area (Å²) in [5.74, 6) is 0.274. The van der Waals surface area contributed by atoms with Gasteiger partial charge >= 0.3 is 0 Å². The zero-order chi connectivity index (χ0) is 15.4. The number of anilines is 1. The molecule has 1 fully saturated rings. The van der Waals surface area contributed by atoms with Gasteiger partial charge in [0.2, 0.25) is 5.95 Å². The van der Waals surface area contributed by atoms with Crippen molar-refractivity contribution in [3.8, 4) is 6.07 Å². The molecule has 0 amide bonds. The van der Waals surface area contributed by atoms with Crippen LogP contribution in [0.2, 0.25) is 0 Å². The fourth-order valence-electron chi connectivity index (χ4n) is 2.65. The van der Waals surface area contributed by atoms with Gasteiger partial charge in [-0.3, -0.25) is 4.90 Å². The van der Waals surface area contributed by atoms with Crippen molar-refractivity contribution >= 4 is 5.82 Å². The molecule has 0 bridgehead atoms. The molecule has 0 unspecified atom stereocenters. The third-order valence-corrected chi connectivity index (χ3v) is 3.89. The normalized spacial score (nSPS) is 15.5. The number of aromatic nitrogens is 1. The van der Waals surface area contributed by atoms with Gasteiger partial charge in [0.1, 0.15) is 5.82 Å². The van der Waals surface area contributed by atoms with Crippen molar-refractivity contribution in [1.29, 1.82) is 5.26 Å². The lowest BCUT2D eigenvalue weighted by Crippen LogP contribution is -2.46. The van der Waals surface area contributed by atoms with Crippen molar-refractivity contribution in [3.63, 3.8) is 0 Å². The average molecular weight is 296 g/mol. The smallest absolute Gasteiger partial charge is 0.214 e. The van der Waals surface area contributed by atoms with E-state index in [0.717, 1.165) is 32.7 Å². The minimum Gasteiger partial charge on any atom is -0.354 e. The van der Waals surface area contributed by atoms with Crippen LogP contribution in [0.4, 0.5) is 10.2 Å². The highest BCUT2D eigenvalue weighted by atomic mass is 19.1. The molecule has 1 aromatic carbocycles. The maximum absolute atomic E-state index is 13.2. The van der Waals surface area contributed by atoms with E-state index in [1.807, 2.05) is 30.3 Å². The van der Waals surface area contributed by atoms with Crippen LogP contribution in [0.1, 0.15) is 11.1 Å². The summed E-state index contributed by atoms with van der Waals surface area (Å²) >= 11 is 0. The molecule has 22 heavy (non-hydrogen) atoms. The quantitative estimate of drug-likeness (QED) is 0.816. The van der Waals surface area contributed by atoms with Gasteiger partial charge in [-0.25, -0.2) is 4.98 Å². The maximum Gasteiger partial charge on any atom is 0.214 e. The standard InChI is InChI=1S/C17H17FN4/c18-16-2-1-3-17(20-16)22-10-8-21(9-11-22)13-15-6-4-14(12-19)5-7-15/h1-7H,8-11,13H2. The van der Waals surface area contributed by atoms with Crippen LogP contribution in [0, 0.1) is 17.3 Å². The Morgan fingerprint density at radius 1 is 1.05 bits per heavy atom. The number of rotatable bonds is 3. The Morgan fingerprint density at radius 2 is 1.77 bits per heavy atom. The number of hydrogen-bond donors (Lipinski definition) is 0. The maximum atomic E-state index is 13.2. The highest BCUT2D eigenvalue weighted by molar-refractivity contribution is 5.38. The van der Waals surface area contributed by atoms with E-state index in [4.69, 9.17) is 5.26 Å². The van der Waals surface area contributed by atoms with E-state index in [2.05, 4.69) is 20.9 Å².